The fourth-order valence-electron chi connectivity index (χ4n) is 1.94. The van der Waals surface area contributed by atoms with Gasteiger partial charge < -0.3 is 10.4 Å². The Morgan fingerprint density at radius 2 is 1.86 bits per heavy atom. The first-order valence-electron chi connectivity index (χ1n) is 5.09. The molecule has 0 spiro atoms. The van der Waals surface area contributed by atoms with Crippen molar-refractivity contribution >= 4 is 0 Å². The molecule has 0 saturated carbocycles. The molecule has 14 heavy (non-hydrogen) atoms. The van der Waals surface area contributed by atoms with Crippen LogP contribution in [0.4, 0.5) is 0 Å². The maximum atomic E-state index is 7.00. The summed E-state index contributed by atoms with van der Waals surface area (Å²) in [5, 5.41) is 10.3. The van der Waals surface area contributed by atoms with E-state index in [4.69, 9.17) is 5.11 Å². The third-order valence-electron chi connectivity index (χ3n) is 2.76. The van der Waals surface area contributed by atoms with Gasteiger partial charge >= 0.3 is 0 Å². The number of likely N-dealkylation sites (N-methyl/N-ethyl adjacent to an activating group) is 1. The van der Waals surface area contributed by atoms with E-state index in [0.717, 1.165) is 7.11 Å². The zero-order chi connectivity index (χ0) is 10.4. The first-order chi connectivity index (χ1) is 6.90. The highest BCUT2D eigenvalue weighted by molar-refractivity contribution is 5.30. The molecule has 0 heterocycles. The van der Waals surface area contributed by atoms with Gasteiger partial charge in [-0.2, -0.15) is 0 Å². The van der Waals surface area contributed by atoms with Gasteiger partial charge in [0.25, 0.3) is 0 Å². The van der Waals surface area contributed by atoms with Crippen molar-refractivity contribution < 1.29 is 5.11 Å². The second kappa shape index (κ2) is 5.78. The number of aliphatic hydroxyl groups excluding tert-OH is 1. The molecule has 0 bridgehead atoms. The Kier molecular flexibility index (Phi) is 4.63. The van der Waals surface area contributed by atoms with Crippen molar-refractivity contribution in [1.82, 2.24) is 5.32 Å². The van der Waals surface area contributed by atoms with Gasteiger partial charge in [-0.25, -0.2) is 0 Å². The third kappa shape index (κ3) is 2.56. The van der Waals surface area contributed by atoms with Gasteiger partial charge in [-0.1, -0.05) is 24.3 Å². The zero-order valence-electron chi connectivity index (χ0n) is 8.96. The second-order valence-electron chi connectivity index (χ2n) is 3.50. The molecule has 0 radical (unpaired) electrons. The zero-order valence-corrected chi connectivity index (χ0v) is 8.96. The summed E-state index contributed by atoms with van der Waals surface area (Å²) in [5.41, 5.74) is 3.08. The van der Waals surface area contributed by atoms with Crippen LogP contribution >= 0.6 is 0 Å². The Hall–Kier alpha value is -0.860. The number of hydrogen-bond donors (Lipinski definition) is 2. The van der Waals surface area contributed by atoms with Gasteiger partial charge in [-0.3, -0.25) is 0 Å². The van der Waals surface area contributed by atoms with E-state index >= 15 is 0 Å². The van der Waals surface area contributed by atoms with Gasteiger partial charge in [0, 0.05) is 13.2 Å². The average molecular weight is 193 g/mol. The minimum Gasteiger partial charge on any atom is -0.400 e. The summed E-state index contributed by atoms with van der Waals surface area (Å²) in [6.45, 7) is 0. The molecule has 1 aromatic carbocycles. The summed E-state index contributed by atoms with van der Waals surface area (Å²) in [7, 11) is 3.05. The Morgan fingerprint density at radius 1 is 1.21 bits per heavy atom. The van der Waals surface area contributed by atoms with E-state index in [9.17, 15) is 0 Å². The largest absolute Gasteiger partial charge is 0.400 e. The molecule has 1 unspecified atom stereocenters. The molecule has 1 atom stereocenters. The molecule has 2 heteroatoms. The highest BCUT2D eigenvalue weighted by atomic mass is 16.2. The molecular formula is C12H19NO. The van der Waals surface area contributed by atoms with Crippen molar-refractivity contribution in [3.8, 4) is 0 Å². The lowest BCUT2D eigenvalue weighted by Gasteiger charge is -2.23. The standard InChI is InChI=1S/C11H15N.CH4O/c1-12-11-7-6-9-4-2-3-5-10(9)8-11;1-2/h2-5,11-12H,6-8H2,1H3;2H,1H3. The van der Waals surface area contributed by atoms with Gasteiger partial charge in [-0.05, 0) is 37.4 Å². The van der Waals surface area contributed by atoms with Crippen molar-refractivity contribution in [2.75, 3.05) is 14.2 Å². The lowest BCUT2D eigenvalue weighted by Crippen LogP contribution is -2.31. The molecule has 0 aromatic heterocycles. The first kappa shape index (κ1) is 11.2. The van der Waals surface area contributed by atoms with Crippen molar-refractivity contribution in [3.63, 3.8) is 0 Å². The van der Waals surface area contributed by atoms with E-state index in [1.807, 2.05) is 0 Å². The van der Waals surface area contributed by atoms with E-state index in [1.165, 1.54) is 24.8 Å². The third-order valence-corrected chi connectivity index (χ3v) is 2.76. The monoisotopic (exact) mass is 193 g/mol. The molecule has 78 valence electrons. The molecule has 0 saturated heterocycles. The molecule has 1 aliphatic carbocycles. The topological polar surface area (TPSA) is 32.3 Å². The number of fused-ring (bicyclic) bond motifs is 1. The van der Waals surface area contributed by atoms with Crippen molar-refractivity contribution in [3.05, 3.63) is 35.4 Å². The molecule has 1 aromatic rings. The van der Waals surface area contributed by atoms with Crippen molar-refractivity contribution in [2.24, 2.45) is 0 Å². The highest BCUT2D eigenvalue weighted by Gasteiger charge is 2.15. The van der Waals surface area contributed by atoms with Crippen LogP contribution in [-0.4, -0.2) is 25.3 Å². The Bertz CT molecular complexity index is 273. The van der Waals surface area contributed by atoms with Crippen LogP contribution in [0.15, 0.2) is 24.3 Å². The quantitative estimate of drug-likeness (QED) is 0.706. The number of nitrogens with one attached hydrogen (secondary N) is 1. The average Bonchev–Trinajstić information content (AvgIpc) is 2.31. The number of benzene rings is 1. The van der Waals surface area contributed by atoms with Crippen LogP contribution in [0.5, 0.6) is 0 Å². The summed E-state index contributed by atoms with van der Waals surface area (Å²) in [5.74, 6) is 0. The van der Waals surface area contributed by atoms with Crippen LogP contribution in [0.2, 0.25) is 0 Å². The fraction of sp³-hybridized carbons (Fsp3) is 0.500. The van der Waals surface area contributed by atoms with Crippen LogP contribution in [0.3, 0.4) is 0 Å². The van der Waals surface area contributed by atoms with E-state index in [1.54, 1.807) is 5.56 Å². The van der Waals surface area contributed by atoms with Crippen LogP contribution in [0.1, 0.15) is 17.5 Å². The summed E-state index contributed by atoms with van der Waals surface area (Å²) in [6, 6.07) is 9.47. The lowest BCUT2D eigenvalue weighted by molar-refractivity contribution is 0.399. The van der Waals surface area contributed by atoms with E-state index in [0.29, 0.717) is 6.04 Å². The molecule has 2 rings (SSSR count). The summed E-state index contributed by atoms with van der Waals surface area (Å²) >= 11 is 0. The van der Waals surface area contributed by atoms with Gasteiger partial charge in [0.1, 0.15) is 0 Å². The summed E-state index contributed by atoms with van der Waals surface area (Å²) in [6.07, 6.45) is 3.72. The van der Waals surface area contributed by atoms with E-state index in [-0.39, 0.29) is 0 Å². The van der Waals surface area contributed by atoms with Crippen LogP contribution in [-0.2, 0) is 12.8 Å². The van der Waals surface area contributed by atoms with Crippen LogP contribution in [0, 0.1) is 0 Å². The van der Waals surface area contributed by atoms with E-state index < -0.39 is 0 Å². The van der Waals surface area contributed by atoms with Gasteiger partial charge in [0.05, 0.1) is 0 Å². The minimum atomic E-state index is 0.694. The SMILES string of the molecule is CNC1CCc2ccccc2C1.CO. The van der Waals surface area contributed by atoms with E-state index in [2.05, 4.69) is 36.6 Å². The number of rotatable bonds is 1. The Labute approximate surface area is 86.0 Å². The Morgan fingerprint density at radius 3 is 2.50 bits per heavy atom. The number of hydrogen-bond acceptors (Lipinski definition) is 2. The number of aliphatic hydroxyl groups is 1. The highest BCUT2D eigenvalue weighted by Crippen LogP contribution is 2.20. The smallest absolute Gasteiger partial charge is 0.0319 e. The lowest BCUT2D eigenvalue weighted by atomic mass is 9.88. The molecular weight excluding hydrogens is 174 g/mol. The normalized spacial score (nSPS) is 19.2. The Balaban J connectivity index is 0.000000461. The molecule has 0 amide bonds. The molecule has 0 fully saturated rings. The maximum Gasteiger partial charge on any atom is 0.0319 e. The van der Waals surface area contributed by atoms with Gasteiger partial charge in [0.2, 0.25) is 0 Å². The first-order valence-corrected chi connectivity index (χ1v) is 5.09. The molecule has 2 N–H and O–H groups in total. The van der Waals surface area contributed by atoms with Gasteiger partial charge in [-0.15, -0.1) is 0 Å². The maximum absolute atomic E-state index is 7.00. The molecule has 1 aliphatic rings. The van der Waals surface area contributed by atoms with Crippen LogP contribution < -0.4 is 5.32 Å². The number of aryl methyl sites for hydroxylation is 1. The predicted octanol–water partition coefficient (Wildman–Crippen LogP) is 1.37. The fourth-order valence-corrected chi connectivity index (χ4v) is 1.94. The summed E-state index contributed by atoms with van der Waals surface area (Å²) < 4.78 is 0. The molecule has 2 nitrogen and oxygen atoms in total. The van der Waals surface area contributed by atoms with Crippen LogP contribution in [0.25, 0.3) is 0 Å². The van der Waals surface area contributed by atoms with Crippen molar-refractivity contribution in [1.29, 1.82) is 0 Å². The minimum absolute atomic E-state index is 0.694. The predicted molar refractivity (Wildman–Crippen MR) is 59.5 cm³/mol. The molecule has 0 aliphatic heterocycles. The second-order valence-corrected chi connectivity index (χ2v) is 3.50. The van der Waals surface area contributed by atoms with Gasteiger partial charge in [0.15, 0.2) is 0 Å². The van der Waals surface area contributed by atoms with Crippen molar-refractivity contribution in [2.45, 2.75) is 25.3 Å². The summed E-state index contributed by atoms with van der Waals surface area (Å²) in [4.78, 5) is 0.